The Kier molecular flexibility index (Phi) is 4.04. The summed E-state index contributed by atoms with van der Waals surface area (Å²) >= 11 is 1.35. The maximum absolute atomic E-state index is 13.1. The van der Waals surface area contributed by atoms with Crippen molar-refractivity contribution in [2.24, 2.45) is 0 Å². The standard InChI is InChI=1S/C20H21N5OS/c1-11-16-14(18(26)23-19-13(10-21)7-8-27-19)9-15(12-5-6-12)22-17(16)25(24-11)20(2,3)4/h7-9,12H,5-6H2,1-4H3,(H,23,26). The molecule has 1 fully saturated rings. The molecule has 3 aromatic rings. The molecule has 3 aromatic heterocycles. The van der Waals surface area contributed by atoms with E-state index in [0.717, 1.165) is 35.3 Å². The minimum atomic E-state index is -0.239. The van der Waals surface area contributed by atoms with Crippen molar-refractivity contribution in [2.45, 2.75) is 52.0 Å². The topological polar surface area (TPSA) is 83.6 Å². The number of nitrogens with zero attached hydrogens (tertiary/aromatic N) is 4. The molecule has 0 saturated heterocycles. The van der Waals surface area contributed by atoms with Crippen LogP contribution < -0.4 is 5.32 Å². The second-order valence-corrected chi connectivity index (χ2v) is 8.88. The predicted molar refractivity (Wildman–Crippen MR) is 106 cm³/mol. The van der Waals surface area contributed by atoms with Crippen LogP contribution in [0.4, 0.5) is 5.00 Å². The fourth-order valence-electron chi connectivity index (χ4n) is 3.21. The zero-order chi connectivity index (χ0) is 19.3. The monoisotopic (exact) mass is 379 g/mol. The molecule has 7 heteroatoms. The van der Waals surface area contributed by atoms with Gasteiger partial charge in [0.25, 0.3) is 5.91 Å². The number of aromatic nitrogens is 3. The first-order valence-electron chi connectivity index (χ1n) is 8.99. The van der Waals surface area contributed by atoms with E-state index >= 15 is 0 Å². The van der Waals surface area contributed by atoms with Gasteiger partial charge in [0, 0.05) is 11.6 Å². The number of hydrogen-bond donors (Lipinski definition) is 1. The number of aryl methyl sites for hydroxylation is 1. The summed E-state index contributed by atoms with van der Waals surface area (Å²) in [6.45, 7) is 8.14. The molecule has 0 atom stereocenters. The highest BCUT2D eigenvalue weighted by atomic mass is 32.1. The van der Waals surface area contributed by atoms with Gasteiger partial charge in [-0.15, -0.1) is 11.3 Å². The third-order valence-electron chi connectivity index (χ3n) is 4.72. The van der Waals surface area contributed by atoms with Gasteiger partial charge in [-0.25, -0.2) is 9.67 Å². The van der Waals surface area contributed by atoms with Crippen LogP contribution in [0.1, 0.15) is 66.8 Å². The fourth-order valence-corrected chi connectivity index (χ4v) is 3.94. The van der Waals surface area contributed by atoms with E-state index in [9.17, 15) is 10.1 Å². The van der Waals surface area contributed by atoms with E-state index in [1.165, 1.54) is 11.3 Å². The average Bonchev–Trinajstić information content (AvgIpc) is 3.28. The third kappa shape index (κ3) is 3.10. The van der Waals surface area contributed by atoms with Crippen LogP contribution in [0.15, 0.2) is 17.5 Å². The second kappa shape index (κ2) is 6.17. The Labute approximate surface area is 161 Å². The van der Waals surface area contributed by atoms with Gasteiger partial charge >= 0.3 is 0 Å². The molecule has 1 saturated carbocycles. The molecule has 0 bridgehead atoms. The summed E-state index contributed by atoms with van der Waals surface area (Å²) in [5.74, 6) is 0.195. The molecule has 3 heterocycles. The number of nitrogens with one attached hydrogen (secondary N) is 1. The molecule has 1 aliphatic carbocycles. The quantitative estimate of drug-likeness (QED) is 0.723. The van der Waals surface area contributed by atoms with E-state index in [2.05, 4.69) is 37.3 Å². The number of carbonyl (C=O) groups excluding carboxylic acids is 1. The molecule has 0 spiro atoms. The van der Waals surface area contributed by atoms with Crippen molar-refractivity contribution >= 4 is 33.3 Å². The summed E-state index contributed by atoms with van der Waals surface area (Å²) in [6.07, 6.45) is 2.21. The normalized spacial score (nSPS) is 14.3. The van der Waals surface area contributed by atoms with E-state index in [1.807, 2.05) is 17.7 Å². The van der Waals surface area contributed by atoms with Gasteiger partial charge < -0.3 is 5.32 Å². The van der Waals surface area contributed by atoms with Gasteiger partial charge in [-0.1, -0.05) is 0 Å². The van der Waals surface area contributed by atoms with E-state index in [-0.39, 0.29) is 11.4 Å². The van der Waals surface area contributed by atoms with Gasteiger partial charge in [0.05, 0.1) is 27.7 Å². The van der Waals surface area contributed by atoms with E-state index in [1.54, 1.807) is 11.4 Å². The maximum Gasteiger partial charge on any atom is 0.257 e. The number of fused-ring (bicyclic) bond motifs is 1. The second-order valence-electron chi connectivity index (χ2n) is 7.96. The fraction of sp³-hybridized carbons (Fsp3) is 0.400. The van der Waals surface area contributed by atoms with Crippen molar-refractivity contribution in [2.75, 3.05) is 5.32 Å². The Morgan fingerprint density at radius 3 is 2.78 bits per heavy atom. The Balaban J connectivity index is 1.87. The van der Waals surface area contributed by atoms with Gasteiger partial charge in [-0.2, -0.15) is 10.4 Å². The minimum absolute atomic E-state index is 0.222. The number of thiophene rings is 1. The molecule has 27 heavy (non-hydrogen) atoms. The lowest BCUT2D eigenvalue weighted by molar-refractivity contribution is 0.102. The van der Waals surface area contributed by atoms with E-state index in [4.69, 9.17) is 4.98 Å². The number of rotatable bonds is 3. The van der Waals surface area contributed by atoms with Crippen molar-refractivity contribution in [1.82, 2.24) is 14.8 Å². The number of carbonyl (C=O) groups is 1. The SMILES string of the molecule is Cc1nn(C(C)(C)C)c2nc(C3CC3)cc(C(=O)Nc3sccc3C#N)c12. The number of pyridine rings is 1. The first-order valence-corrected chi connectivity index (χ1v) is 9.87. The molecule has 1 N–H and O–H groups in total. The molecule has 138 valence electrons. The van der Waals surface area contributed by atoms with Crippen molar-refractivity contribution in [3.05, 3.63) is 40.0 Å². The molecule has 0 radical (unpaired) electrons. The lowest BCUT2D eigenvalue weighted by Crippen LogP contribution is -2.23. The average molecular weight is 379 g/mol. The van der Waals surface area contributed by atoms with Crippen LogP contribution >= 0.6 is 11.3 Å². The molecule has 0 unspecified atom stereocenters. The summed E-state index contributed by atoms with van der Waals surface area (Å²) in [5, 5.41) is 19.9. The molecular formula is C20H21N5OS. The van der Waals surface area contributed by atoms with Gasteiger partial charge in [0.2, 0.25) is 0 Å². The van der Waals surface area contributed by atoms with Crippen molar-refractivity contribution in [1.29, 1.82) is 5.26 Å². The number of amides is 1. The Morgan fingerprint density at radius 2 is 2.15 bits per heavy atom. The van der Waals surface area contributed by atoms with Crippen LogP contribution in [-0.2, 0) is 5.54 Å². The van der Waals surface area contributed by atoms with Crippen molar-refractivity contribution in [3.8, 4) is 6.07 Å². The molecule has 1 amide bonds. The van der Waals surface area contributed by atoms with Gasteiger partial charge in [0.1, 0.15) is 11.1 Å². The first kappa shape index (κ1) is 17.7. The molecule has 6 nitrogen and oxygen atoms in total. The lowest BCUT2D eigenvalue weighted by atomic mass is 10.1. The lowest BCUT2D eigenvalue weighted by Gasteiger charge is -2.20. The summed E-state index contributed by atoms with van der Waals surface area (Å²) in [7, 11) is 0. The van der Waals surface area contributed by atoms with Crippen LogP contribution in [-0.4, -0.2) is 20.7 Å². The van der Waals surface area contributed by atoms with Crippen molar-refractivity contribution in [3.63, 3.8) is 0 Å². The molecule has 1 aliphatic rings. The Hall–Kier alpha value is -2.72. The molecular weight excluding hydrogens is 358 g/mol. The third-order valence-corrected chi connectivity index (χ3v) is 5.55. The van der Waals surface area contributed by atoms with E-state index in [0.29, 0.717) is 22.0 Å². The van der Waals surface area contributed by atoms with Gasteiger partial charge in [-0.05, 0) is 58.0 Å². The summed E-state index contributed by atoms with van der Waals surface area (Å²) in [5.41, 5.74) is 3.30. The molecule has 0 aliphatic heterocycles. The zero-order valence-electron chi connectivity index (χ0n) is 15.8. The highest BCUT2D eigenvalue weighted by molar-refractivity contribution is 7.14. The highest BCUT2D eigenvalue weighted by Gasteiger charge is 2.30. The largest absolute Gasteiger partial charge is 0.312 e. The van der Waals surface area contributed by atoms with Crippen LogP contribution in [0.2, 0.25) is 0 Å². The summed E-state index contributed by atoms with van der Waals surface area (Å²) in [6, 6.07) is 5.72. The number of nitriles is 1. The number of hydrogen-bond acceptors (Lipinski definition) is 5. The molecule has 0 aromatic carbocycles. The maximum atomic E-state index is 13.1. The first-order chi connectivity index (χ1) is 12.8. The number of anilines is 1. The van der Waals surface area contributed by atoms with E-state index < -0.39 is 0 Å². The minimum Gasteiger partial charge on any atom is -0.312 e. The summed E-state index contributed by atoms with van der Waals surface area (Å²) in [4.78, 5) is 18.0. The van der Waals surface area contributed by atoms with Gasteiger partial charge in [-0.3, -0.25) is 4.79 Å². The van der Waals surface area contributed by atoms with Crippen LogP contribution in [0.25, 0.3) is 11.0 Å². The van der Waals surface area contributed by atoms with Crippen molar-refractivity contribution < 1.29 is 4.79 Å². The Bertz CT molecular complexity index is 1090. The zero-order valence-corrected chi connectivity index (χ0v) is 16.6. The highest BCUT2D eigenvalue weighted by Crippen LogP contribution is 2.41. The smallest absolute Gasteiger partial charge is 0.257 e. The summed E-state index contributed by atoms with van der Waals surface area (Å²) < 4.78 is 1.91. The Morgan fingerprint density at radius 1 is 1.41 bits per heavy atom. The van der Waals surface area contributed by atoms with Crippen LogP contribution in [0.5, 0.6) is 0 Å². The predicted octanol–water partition coefficient (Wildman–Crippen LogP) is 4.56. The van der Waals surface area contributed by atoms with Crippen LogP contribution in [0, 0.1) is 18.3 Å². The molecule has 4 rings (SSSR count). The van der Waals surface area contributed by atoms with Gasteiger partial charge in [0.15, 0.2) is 5.65 Å². The van der Waals surface area contributed by atoms with Crippen LogP contribution in [0.3, 0.4) is 0 Å².